The SMILES string of the molecule is NNC(N)=NCCC1=CCCC1. The Labute approximate surface area is 72.7 Å². The van der Waals surface area contributed by atoms with Crippen LogP contribution >= 0.6 is 0 Å². The number of aliphatic imine (C=N–C) groups is 1. The lowest BCUT2D eigenvalue weighted by Crippen LogP contribution is -2.37. The average Bonchev–Trinajstić information content (AvgIpc) is 2.57. The van der Waals surface area contributed by atoms with Gasteiger partial charge in [0.1, 0.15) is 0 Å². The van der Waals surface area contributed by atoms with Crippen molar-refractivity contribution in [3.63, 3.8) is 0 Å². The Kier molecular flexibility index (Phi) is 3.60. The summed E-state index contributed by atoms with van der Waals surface area (Å²) in [5.74, 6) is 5.36. The molecule has 0 unspecified atom stereocenters. The van der Waals surface area contributed by atoms with E-state index in [0.29, 0.717) is 5.96 Å². The molecule has 0 aromatic rings. The smallest absolute Gasteiger partial charge is 0.203 e. The fourth-order valence-electron chi connectivity index (χ4n) is 1.33. The van der Waals surface area contributed by atoms with Gasteiger partial charge >= 0.3 is 0 Å². The minimum atomic E-state index is 0.314. The monoisotopic (exact) mass is 168 g/mol. The molecule has 4 nitrogen and oxygen atoms in total. The van der Waals surface area contributed by atoms with E-state index in [9.17, 15) is 0 Å². The van der Waals surface area contributed by atoms with Gasteiger partial charge in [0, 0.05) is 6.54 Å². The van der Waals surface area contributed by atoms with E-state index in [1.807, 2.05) is 0 Å². The minimum Gasteiger partial charge on any atom is -0.369 e. The van der Waals surface area contributed by atoms with Gasteiger partial charge in [0.25, 0.3) is 0 Å². The third-order valence-corrected chi connectivity index (χ3v) is 2.00. The topological polar surface area (TPSA) is 76.4 Å². The number of hydrogen-bond acceptors (Lipinski definition) is 2. The van der Waals surface area contributed by atoms with Gasteiger partial charge in [0.05, 0.1) is 0 Å². The molecule has 0 fully saturated rings. The predicted octanol–water partition coefficient (Wildman–Crippen LogP) is 0.265. The van der Waals surface area contributed by atoms with E-state index in [0.717, 1.165) is 13.0 Å². The first-order chi connectivity index (χ1) is 5.83. The summed E-state index contributed by atoms with van der Waals surface area (Å²) in [6.07, 6.45) is 7.06. The summed E-state index contributed by atoms with van der Waals surface area (Å²) in [4.78, 5) is 4.02. The number of hydrogen-bond donors (Lipinski definition) is 3. The Hall–Kier alpha value is -1.03. The zero-order valence-corrected chi connectivity index (χ0v) is 7.21. The quantitative estimate of drug-likeness (QED) is 0.186. The molecular weight excluding hydrogens is 152 g/mol. The van der Waals surface area contributed by atoms with Gasteiger partial charge in [-0.05, 0) is 25.7 Å². The lowest BCUT2D eigenvalue weighted by molar-refractivity contribution is 0.844. The van der Waals surface area contributed by atoms with Gasteiger partial charge in [0.15, 0.2) is 0 Å². The molecular formula is C8H16N4. The molecule has 1 rings (SSSR count). The van der Waals surface area contributed by atoms with Gasteiger partial charge in [-0.15, -0.1) is 0 Å². The van der Waals surface area contributed by atoms with Gasteiger partial charge < -0.3 is 5.73 Å². The zero-order chi connectivity index (χ0) is 8.81. The number of nitrogens with one attached hydrogen (secondary N) is 1. The van der Waals surface area contributed by atoms with Crippen molar-refractivity contribution in [3.05, 3.63) is 11.6 Å². The lowest BCUT2D eigenvalue weighted by Gasteiger charge is -1.99. The van der Waals surface area contributed by atoms with Crippen LogP contribution in [-0.2, 0) is 0 Å². The van der Waals surface area contributed by atoms with Crippen LogP contribution in [0.5, 0.6) is 0 Å². The number of nitrogens with two attached hydrogens (primary N) is 2. The van der Waals surface area contributed by atoms with E-state index in [1.54, 1.807) is 0 Å². The first-order valence-electron chi connectivity index (χ1n) is 4.27. The molecule has 0 saturated heterocycles. The molecule has 1 aliphatic carbocycles. The Balaban J connectivity index is 2.17. The van der Waals surface area contributed by atoms with Crippen LogP contribution in [0.2, 0.25) is 0 Å². The molecule has 0 atom stereocenters. The maximum absolute atomic E-state index is 5.35. The maximum atomic E-state index is 5.35. The molecule has 0 spiro atoms. The molecule has 5 N–H and O–H groups in total. The number of rotatable bonds is 3. The molecule has 0 bridgehead atoms. The highest BCUT2D eigenvalue weighted by Crippen LogP contribution is 2.19. The molecule has 68 valence electrons. The second-order valence-corrected chi connectivity index (χ2v) is 2.92. The average molecular weight is 168 g/mol. The van der Waals surface area contributed by atoms with Crippen molar-refractivity contribution in [2.24, 2.45) is 16.6 Å². The highest BCUT2D eigenvalue weighted by molar-refractivity contribution is 5.77. The van der Waals surface area contributed by atoms with Crippen molar-refractivity contribution < 1.29 is 0 Å². The van der Waals surface area contributed by atoms with Crippen LogP contribution in [-0.4, -0.2) is 12.5 Å². The lowest BCUT2D eigenvalue weighted by atomic mass is 10.2. The Morgan fingerprint density at radius 2 is 2.50 bits per heavy atom. The fourth-order valence-corrected chi connectivity index (χ4v) is 1.33. The van der Waals surface area contributed by atoms with E-state index in [2.05, 4.69) is 16.5 Å². The highest BCUT2D eigenvalue weighted by Gasteiger charge is 2.02. The molecule has 0 heterocycles. The summed E-state index contributed by atoms with van der Waals surface area (Å²) in [6, 6.07) is 0. The second kappa shape index (κ2) is 4.77. The van der Waals surface area contributed by atoms with E-state index < -0.39 is 0 Å². The minimum absolute atomic E-state index is 0.314. The largest absolute Gasteiger partial charge is 0.369 e. The Morgan fingerprint density at radius 1 is 1.67 bits per heavy atom. The molecule has 1 aliphatic rings. The standard InChI is InChI=1S/C8H16N4/c9-8(12-10)11-6-5-7-3-1-2-4-7/h3H,1-2,4-6,10H2,(H3,9,11,12). The van der Waals surface area contributed by atoms with Crippen molar-refractivity contribution in [3.8, 4) is 0 Å². The first kappa shape index (κ1) is 9.06. The number of allylic oxidation sites excluding steroid dienone is 1. The third kappa shape index (κ3) is 2.92. The molecule has 0 aliphatic heterocycles. The summed E-state index contributed by atoms with van der Waals surface area (Å²) in [7, 11) is 0. The first-order valence-corrected chi connectivity index (χ1v) is 4.27. The zero-order valence-electron chi connectivity index (χ0n) is 7.21. The van der Waals surface area contributed by atoms with Gasteiger partial charge in [-0.2, -0.15) is 0 Å². The van der Waals surface area contributed by atoms with Crippen LogP contribution < -0.4 is 17.0 Å². The summed E-state index contributed by atoms with van der Waals surface area (Å²) in [6.45, 7) is 0.738. The van der Waals surface area contributed by atoms with E-state index >= 15 is 0 Å². The predicted molar refractivity (Wildman–Crippen MR) is 50.4 cm³/mol. The fraction of sp³-hybridized carbons (Fsp3) is 0.625. The summed E-state index contributed by atoms with van der Waals surface area (Å²) >= 11 is 0. The van der Waals surface area contributed by atoms with Crippen LogP contribution in [0.1, 0.15) is 25.7 Å². The maximum Gasteiger partial charge on any atom is 0.203 e. The molecule has 0 saturated carbocycles. The summed E-state index contributed by atoms with van der Waals surface area (Å²) < 4.78 is 0. The van der Waals surface area contributed by atoms with E-state index in [1.165, 1.54) is 24.8 Å². The van der Waals surface area contributed by atoms with Gasteiger partial charge in [-0.1, -0.05) is 11.6 Å². The van der Waals surface area contributed by atoms with E-state index in [4.69, 9.17) is 11.6 Å². The number of nitrogens with zero attached hydrogens (tertiary/aromatic N) is 1. The molecule has 0 aromatic heterocycles. The van der Waals surface area contributed by atoms with Crippen molar-refractivity contribution in [2.75, 3.05) is 6.54 Å². The summed E-state index contributed by atoms with van der Waals surface area (Å²) in [5.41, 5.74) is 9.15. The molecule has 0 radical (unpaired) electrons. The van der Waals surface area contributed by atoms with Crippen molar-refractivity contribution in [1.82, 2.24) is 5.43 Å². The Bertz CT molecular complexity index is 195. The van der Waals surface area contributed by atoms with Crippen LogP contribution in [0.15, 0.2) is 16.6 Å². The second-order valence-electron chi connectivity index (χ2n) is 2.92. The number of hydrazine groups is 1. The van der Waals surface area contributed by atoms with Gasteiger partial charge in [-0.3, -0.25) is 10.4 Å². The summed E-state index contributed by atoms with van der Waals surface area (Å²) in [5, 5.41) is 0. The molecule has 0 amide bonds. The normalized spacial score (nSPS) is 17.8. The van der Waals surface area contributed by atoms with Crippen molar-refractivity contribution in [2.45, 2.75) is 25.7 Å². The van der Waals surface area contributed by atoms with Crippen LogP contribution in [0.3, 0.4) is 0 Å². The Morgan fingerprint density at radius 3 is 3.08 bits per heavy atom. The molecule has 0 aromatic carbocycles. The van der Waals surface area contributed by atoms with Gasteiger partial charge in [-0.25, -0.2) is 5.84 Å². The van der Waals surface area contributed by atoms with E-state index in [-0.39, 0.29) is 0 Å². The van der Waals surface area contributed by atoms with Crippen LogP contribution in [0.25, 0.3) is 0 Å². The van der Waals surface area contributed by atoms with Crippen LogP contribution in [0.4, 0.5) is 0 Å². The number of guanidine groups is 1. The van der Waals surface area contributed by atoms with Gasteiger partial charge in [0.2, 0.25) is 5.96 Å². The molecule has 12 heavy (non-hydrogen) atoms. The van der Waals surface area contributed by atoms with Crippen LogP contribution in [0, 0.1) is 0 Å². The molecule has 4 heteroatoms. The van der Waals surface area contributed by atoms with Crippen molar-refractivity contribution >= 4 is 5.96 Å². The highest BCUT2D eigenvalue weighted by atomic mass is 15.3. The van der Waals surface area contributed by atoms with Crippen molar-refractivity contribution in [1.29, 1.82) is 0 Å². The third-order valence-electron chi connectivity index (χ3n) is 2.00.